The Balaban J connectivity index is 1.86. The predicted molar refractivity (Wildman–Crippen MR) is 125 cm³/mol. The van der Waals surface area contributed by atoms with Crippen LogP contribution in [-0.4, -0.2) is 11.0 Å². The van der Waals surface area contributed by atoms with Gasteiger partial charge in [0.1, 0.15) is 17.2 Å². The van der Waals surface area contributed by atoms with E-state index in [9.17, 15) is 9.90 Å². The van der Waals surface area contributed by atoms with E-state index < -0.39 is 5.91 Å². The van der Waals surface area contributed by atoms with Crippen molar-refractivity contribution in [2.24, 2.45) is 5.73 Å². The first-order chi connectivity index (χ1) is 15.0. The van der Waals surface area contributed by atoms with Gasteiger partial charge in [-0.05, 0) is 64.9 Å². The maximum absolute atomic E-state index is 11.0. The number of benzene rings is 4. The van der Waals surface area contributed by atoms with Crippen molar-refractivity contribution in [3.05, 3.63) is 96.1 Å². The molecule has 0 bridgehead atoms. The number of carbonyl (C=O) groups excluding carboxylic acids is 1. The number of hydrogen-bond donors (Lipinski definition) is 2. The van der Waals surface area contributed by atoms with Gasteiger partial charge in [-0.1, -0.05) is 55.5 Å². The Morgan fingerprint density at radius 2 is 1.74 bits per heavy atom. The number of phenols is 1. The molecule has 0 saturated carbocycles. The summed E-state index contributed by atoms with van der Waals surface area (Å²) in [5, 5.41) is 11.8. The van der Waals surface area contributed by atoms with Crippen LogP contribution in [0.25, 0.3) is 28.0 Å². The molecule has 0 aromatic heterocycles. The number of aryl methyl sites for hydroxylation is 1. The van der Waals surface area contributed by atoms with Crippen molar-refractivity contribution in [1.29, 1.82) is 0 Å². The van der Waals surface area contributed by atoms with Gasteiger partial charge in [0, 0.05) is 17.0 Å². The second kappa shape index (κ2) is 8.76. The minimum absolute atomic E-state index is 0.221. The van der Waals surface area contributed by atoms with Crippen LogP contribution in [0.2, 0.25) is 0 Å². The third-order valence-corrected chi connectivity index (χ3v) is 5.14. The lowest BCUT2D eigenvalue weighted by atomic mass is 9.92. The Bertz CT molecular complexity index is 1260. The van der Waals surface area contributed by atoms with E-state index in [1.54, 1.807) is 18.2 Å². The Hall–Kier alpha value is -4.05. The van der Waals surface area contributed by atoms with E-state index >= 15 is 0 Å². The molecule has 0 unspecified atom stereocenters. The highest BCUT2D eigenvalue weighted by Crippen LogP contribution is 2.43. The summed E-state index contributed by atoms with van der Waals surface area (Å²) < 4.78 is 6.44. The van der Waals surface area contributed by atoms with Gasteiger partial charge < -0.3 is 15.6 Å². The van der Waals surface area contributed by atoms with Gasteiger partial charge in [-0.3, -0.25) is 4.79 Å². The number of aromatic hydroxyl groups is 1. The maximum Gasteiger partial charge on any atom is 0.241 e. The molecule has 4 rings (SSSR count). The third kappa shape index (κ3) is 4.43. The molecule has 0 saturated heterocycles. The number of fused-ring (bicyclic) bond motifs is 1. The molecule has 0 heterocycles. The summed E-state index contributed by atoms with van der Waals surface area (Å²) in [6, 6.07) is 25.1. The zero-order valence-electron chi connectivity index (χ0n) is 17.2. The van der Waals surface area contributed by atoms with Crippen LogP contribution in [0, 0.1) is 0 Å². The van der Waals surface area contributed by atoms with Crippen molar-refractivity contribution in [2.45, 2.75) is 13.3 Å². The highest BCUT2D eigenvalue weighted by molar-refractivity contribution is 5.98. The van der Waals surface area contributed by atoms with E-state index in [4.69, 9.17) is 10.5 Å². The monoisotopic (exact) mass is 409 g/mol. The largest absolute Gasteiger partial charge is 0.508 e. The second-order valence-electron chi connectivity index (χ2n) is 7.27. The summed E-state index contributed by atoms with van der Waals surface area (Å²) in [4.78, 5) is 11.0. The SMILES string of the molecule is CCc1cc2cc(O)ccc2c(Oc2ccc(/C=C/C(N)=O)cc2)c1-c1ccccc1. The minimum Gasteiger partial charge on any atom is -0.508 e. The lowest BCUT2D eigenvalue weighted by Gasteiger charge is -2.18. The molecule has 4 aromatic rings. The summed E-state index contributed by atoms with van der Waals surface area (Å²) in [6.07, 6.45) is 3.81. The van der Waals surface area contributed by atoms with Crippen LogP contribution >= 0.6 is 0 Å². The molecule has 0 fully saturated rings. The smallest absolute Gasteiger partial charge is 0.241 e. The summed E-state index contributed by atoms with van der Waals surface area (Å²) in [6.45, 7) is 2.11. The molecule has 0 aliphatic carbocycles. The van der Waals surface area contributed by atoms with E-state index in [1.165, 1.54) is 6.08 Å². The average Bonchev–Trinajstić information content (AvgIpc) is 2.78. The highest BCUT2D eigenvalue weighted by Gasteiger charge is 2.17. The van der Waals surface area contributed by atoms with Crippen molar-refractivity contribution >= 4 is 22.8 Å². The Kier molecular flexibility index (Phi) is 5.72. The van der Waals surface area contributed by atoms with Crippen molar-refractivity contribution in [1.82, 2.24) is 0 Å². The van der Waals surface area contributed by atoms with E-state index in [-0.39, 0.29) is 5.75 Å². The molecule has 1 amide bonds. The highest BCUT2D eigenvalue weighted by atomic mass is 16.5. The van der Waals surface area contributed by atoms with Crippen LogP contribution in [0.3, 0.4) is 0 Å². The van der Waals surface area contributed by atoms with Crippen molar-refractivity contribution < 1.29 is 14.6 Å². The number of hydrogen-bond acceptors (Lipinski definition) is 3. The van der Waals surface area contributed by atoms with Crippen LogP contribution in [-0.2, 0) is 11.2 Å². The molecule has 4 nitrogen and oxygen atoms in total. The number of ether oxygens (including phenoxy) is 1. The summed E-state index contributed by atoms with van der Waals surface area (Å²) >= 11 is 0. The fourth-order valence-electron chi connectivity index (χ4n) is 3.67. The molecular weight excluding hydrogens is 386 g/mol. The molecular formula is C27H23NO3. The molecule has 0 aliphatic heterocycles. The maximum atomic E-state index is 11.0. The average molecular weight is 409 g/mol. The summed E-state index contributed by atoms with van der Waals surface area (Å²) in [5.41, 5.74) is 9.27. The standard InChI is InChI=1S/C27H23NO3/c1-2-19-16-21-17-22(29)11-14-24(21)27(26(19)20-6-4-3-5-7-20)31-23-12-8-18(9-13-23)10-15-25(28)30/h3-17,29H,2H2,1H3,(H2,28,30)/b15-10+. The first-order valence-corrected chi connectivity index (χ1v) is 10.1. The van der Waals surface area contributed by atoms with Crippen molar-refractivity contribution in [2.75, 3.05) is 0 Å². The van der Waals surface area contributed by atoms with Crippen LogP contribution in [0.15, 0.2) is 84.9 Å². The van der Waals surface area contributed by atoms with E-state index in [1.807, 2.05) is 48.5 Å². The molecule has 0 spiro atoms. The normalized spacial score (nSPS) is 11.1. The molecule has 0 atom stereocenters. The van der Waals surface area contributed by atoms with Gasteiger partial charge in [-0.25, -0.2) is 0 Å². The molecule has 0 aliphatic rings. The summed E-state index contributed by atoms with van der Waals surface area (Å²) in [7, 11) is 0. The number of carbonyl (C=O) groups is 1. The topological polar surface area (TPSA) is 72.6 Å². The number of primary amides is 1. The fraction of sp³-hybridized carbons (Fsp3) is 0.0741. The minimum atomic E-state index is -0.487. The molecule has 4 heteroatoms. The van der Waals surface area contributed by atoms with Gasteiger partial charge in [0.2, 0.25) is 5.91 Å². The lowest BCUT2D eigenvalue weighted by Crippen LogP contribution is -2.05. The van der Waals surface area contributed by atoms with E-state index in [0.717, 1.165) is 45.2 Å². The number of rotatable bonds is 6. The third-order valence-electron chi connectivity index (χ3n) is 5.14. The summed E-state index contributed by atoms with van der Waals surface area (Å²) in [5.74, 6) is 1.16. The number of phenolic OH excluding ortho intramolecular Hbond substituents is 1. The van der Waals surface area contributed by atoms with Crippen LogP contribution in [0.1, 0.15) is 18.1 Å². The van der Waals surface area contributed by atoms with Crippen molar-refractivity contribution in [3.63, 3.8) is 0 Å². The second-order valence-corrected chi connectivity index (χ2v) is 7.27. The quantitative estimate of drug-likeness (QED) is 0.380. The van der Waals surface area contributed by atoms with Crippen LogP contribution in [0.5, 0.6) is 17.2 Å². The Morgan fingerprint density at radius 3 is 2.42 bits per heavy atom. The molecule has 0 radical (unpaired) electrons. The van der Waals surface area contributed by atoms with Gasteiger partial charge >= 0.3 is 0 Å². The fourth-order valence-corrected chi connectivity index (χ4v) is 3.67. The van der Waals surface area contributed by atoms with E-state index in [2.05, 4.69) is 25.1 Å². The molecule has 31 heavy (non-hydrogen) atoms. The van der Waals surface area contributed by atoms with Gasteiger partial charge in [0.05, 0.1) is 0 Å². The molecule has 3 N–H and O–H groups in total. The van der Waals surface area contributed by atoms with Crippen LogP contribution < -0.4 is 10.5 Å². The van der Waals surface area contributed by atoms with Gasteiger partial charge in [-0.15, -0.1) is 0 Å². The van der Waals surface area contributed by atoms with Gasteiger partial charge in [0.25, 0.3) is 0 Å². The van der Waals surface area contributed by atoms with Crippen molar-refractivity contribution in [3.8, 4) is 28.4 Å². The number of nitrogens with two attached hydrogens (primary N) is 1. The first-order valence-electron chi connectivity index (χ1n) is 10.1. The van der Waals surface area contributed by atoms with Gasteiger partial charge in [-0.2, -0.15) is 0 Å². The zero-order chi connectivity index (χ0) is 21.8. The Labute approximate surface area is 181 Å². The van der Waals surface area contributed by atoms with Crippen LogP contribution in [0.4, 0.5) is 0 Å². The molecule has 154 valence electrons. The lowest BCUT2D eigenvalue weighted by molar-refractivity contribution is -0.113. The van der Waals surface area contributed by atoms with E-state index in [0.29, 0.717) is 5.75 Å². The predicted octanol–water partition coefficient (Wildman–Crippen LogP) is 6.07. The zero-order valence-corrected chi connectivity index (χ0v) is 17.2. The van der Waals surface area contributed by atoms with Gasteiger partial charge in [0.15, 0.2) is 0 Å². The number of amides is 1. The Morgan fingerprint density at radius 1 is 1.00 bits per heavy atom. The first kappa shape index (κ1) is 20.2. The molecule has 4 aromatic carbocycles.